The largest absolute Gasteiger partial charge is 0.198 e. The molecule has 11 heavy (non-hydrogen) atoms. The lowest BCUT2D eigenvalue weighted by atomic mass is 9.77. The van der Waals surface area contributed by atoms with Gasteiger partial charge in [-0.1, -0.05) is 0 Å². The van der Waals surface area contributed by atoms with Gasteiger partial charge in [0.15, 0.2) is 0 Å². The number of hydrogen-bond donors (Lipinski definition) is 0. The van der Waals surface area contributed by atoms with Gasteiger partial charge in [0.2, 0.25) is 0 Å². The van der Waals surface area contributed by atoms with Crippen molar-refractivity contribution in [3.63, 3.8) is 0 Å². The molecular weight excluding hydrogens is 136 g/mol. The second-order valence-electron chi connectivity index (χ2n) is 4.17. The Balaban J connectivity index is 4.31. The van der Waals surface area contributed by atoms with Crippen LogP contribution in [0.2, 0.25) is 0 Å². The van der Waals surface area contributed by atoms with Crippen LogP contribution in [-0.2, 0) is 0 Å². The molecule has 0 spiro atoms. The second-order valence-corrected chi connectivity index (χ2v) is 4.17. The molecule has 0 heterocycles. The second kappa shape index (κ2) is 2.93. The summed E-state index contributed by atoms with van der Waals surface area (Å²) in [6, 6.07) is 4.36. The Morgan fingerprint density at radius 2 is 1.18 bits per heavy atom. The van der Waals surface area contributed by atoms with E-state index in [0.717, 1.165) is 0 Å². The molecule has 0 amide bonds. The molecule has 60 valence electrons. The van der Waals surface area contributed by atoms with Crippen LogP contribution in [0.25, 0.3) is 0 Å². The van der Waals surface area contributed by atoms with Crippen LogP contribution in [0.3, 0.4) is 0 Å². The van der Waals surface area contributed by atoms with Crippen molar-refractivity contribution < 1.29 is 0 Å². The summed E-state index contributed by atoms with van der Waals surface area (Å²) in [4.78, 5) is 0. The molecular formula is C9H14N2. The quantitative estimate of drug-likeness (QED) is 0.607. The first-order valence-corrected chi connectivity index (χ1v) is 3.65. The lowest BCUT2D eigenvalue weighted by molar-refractivity contribution is 0.311. The third kappa shape index (κ3) is 3.63. The molecule has 0 aliphatic carbocycles. The average Bonchev–Trinajstić information content (AvgIpc) is 1.86. The summed E-state index contributed by atoms with van der Waals surface area (Å²) in [6.45, 7) is 7.41. The molecule has 0 unspecified atom stereocenters. The Morgan fingerprint density at radius 1 is 0.909 bits per heavy atom. The maximum atomic E-state index is 8.69. The van der Waals surface area contributed by atoms with Crippen molar-refractivity contribution >= 4 is 0 Å². The molecule has 0 aromatic heterocycles. The lowest BCUT2D eigenvalue weighted by Crippen LogP contribution is -2.20. The Bertz CT molecular complexity index is 189. The zero-order chi connectivity index (χ0) is 9.12. The zero-order valence-corrected chi connectivity index (χ0v) is 7.60. The van der Waals surface area contributed by atoms with Gasteiger partial charge < -0.3 is 0 Å². The first-order valence-electron chi connectivity index (χ1n) is 3.65. The number of hydrogen-bond acceptors (Lipinski definition) is 2. The van der Waals surface area contributed by atoms with Crippen LogP contribution in [0, 0.1) is 33.5 Å². The van der Waals surface area contributed by atoms with E-state index in [4.69, 9.17) is 10.5 Å². The Kier molecular flexibility index (Phi) is 2.65. The number of nitrogens with zero attached hydrogens (tertiary/aromatic N) is 2. The summed E-state index contributed by atoms with van der Waals surface area (Å²) < 4.78 is 0. The normalized spacial score (nSPS) is 11.8. The van der Waals surface area contributed by atoms with E-state index in [1.54, 1.807) is 0 Å². The first kappa shape index (κ1) is 9.98. The minimum Gasteiger partial charge on any atom is -0.198 e. The third-order valence-corrected chi connectivity index (χ3v) is 1.49. The maximum Gasteiger partial charge on any atom is 0.0684 e. The molecule has 0 aromatic carbocycles. The molecule has 0 aromatic rings. The molecule has 0 atom stereocenters. The summed E-state index contributed by atoms with van der Waals surface area (Å²) >= 11 is 0. The van der Waals surface area contributed by atoms with E-state index >= 15 is 0 Å². The maximum absolute atomic E-state index is 8.69. The monoisotopic (exact) mass is 150 g/mol. The zero-order valence-electron chi connectivity index (χ0n) is 7.60. The van der Waals surface area contributed by atoms with Crippen molar-refractivity contribution in [2.75, 3.05) is 0 Å². The van der Waals surface area contributed by atoms with E-state index in [1.165, 1.54) is 0 Å². The summed E-state index contributed by atoms with van der Waals surface area (Å²) in [5.74, 6) is 0. The highest BCUT2D eigenvalue weighted by Crippen LogP contribution is 2.31. The Morgan fingerprint density at radius 3 is 1.36 bits per heavy atom. The fraction of sp³-hybridized carbons (Fsp3) is 0.778. The standard InChI is InChI=1S/C9H14N2/c1-8(2,6-10)5-9(3,4)7-11/h5H2,1-4H3. The van der Waals surface area contributed by atoms with Crippen molar-refractivity contribution in [3.05, 3.63) is 0 Å². The number of rotatable bonds is 2. The molecule has 0 saturated carbocycles. The fourth-order valence-electron chi connectivity index (χ4n) is 1.18. The van der Waals surface area contributed by atoms with Crippen molar-refractivity contribution in [2.24, 2.45) is 10.8 Å². The molecule has 0 saturated heterocycles. The molecule has 0 radical (unpaired) electrons. The predicted molar refractivity (Wildman–Crippen MR) is 43.4 cm³/mol. The SMILES string of the molecule is CC(C)(C#N)CC(C)(C)C#N. The minimum atomic E-state index is -0.390. The average molecular weight is 150 g/mol. The number of nitriles is 2. The molecule has 0 aliphatic rings. The van der Waals surface area contributed by atoms with Gasteiger partial charge in [0.05, 0.1) is 23.0 Å². The summed E-state index contributed by atoms with van der Waals surface area (Å²) in [5.41, 5.74) is -0.779. The van der Waals surface area contributed by atoms with E-state index in [1.807, 2.05) is 27.7 Å². The van der Waals surface area contributed by atoms with Crippen LogP contribution >= 0.6 is 0 Å². The minimum absolute atomic E-state index is 0.390. The molecule has 0 fully saturated rings. The molecule has 0 rings (SSSR count). The lowest BCUT2D eigenvalue weighted by Gasteiger charge is -2.23. The summed E-state index contributed by atoms with van der Waals surface area (Å²) in [5, 5.41) is 17.4. The van der Waals surface area contributed by atoms with E-state index in [0.29, 0.717) is 6.42 Å². The molecule has 0 bridgehead atoms. The van der Waals surface area contributed by atoms with Crippen LogP contribution < -0.4 is 0 Å². The highest BCUT2D eigenvalue weighted by Gasteiger charge is 2.28. The molecule has 0 aliphatic heterocycles. The van der Waals surface area contributed by atoms with Crippen LogP contribution in [0.1, 0.15) is 34.1 Å². The van der Waals surface area contributed by atoms with E-state index in [9.17, 15) is 0 Å². The first-order chi connectivity index (χ1) is 4.83. The van der Waals surface area contributed by atoms with Gasteiger partial charge in [-0.3, -0.25) is 0 Å². The molecule has 2 nitrogen and oxygen atoms in total. The van der Waals surface area contributed by atoms with Gasteiger partial charge in [-0.2, -0.15) is 10.5 Å². The summed E-state index contributed by atoms with van der Waals surface area (Å²) in [6.07, 6.45) is 0.618. The van der Waals surface area contributed by atoms with Gasteiger partial charge >= 0.3 is 0 Å². The van der Waals surface area contributed by atoms with Crippen LogP contribution in [0.15, 0.2) is 0 Å². The van der Waals surface area contributed by atoms with Gasteiger partial charge in [0.25, 0.3) is 0 Å². The summed E-state index contributed by atoms with van der Waals surface area (Å²) in [7, 11) is 0. The predicted octanol–water partition coefficient (Wildman–Crippen LogP) is 2.48. The highest BCUT2D eigenvalue weighted by atomic mass is 14.4. The highest BCUT2D eigenvalue weighted by molar-refractivity contribution is 5.01. The van der Waals surface area contributed by atoms with Crippen molar-refractivity contribution in [1.82, 2.24) is 0 Å². The van der Waals surface area contributed by atoms with E-state index in [2.05, 4.69) is 12.1 Å². The van der Waals surface area contributed by atoms with Crippen molar-refractivity contribution in [3.8, 4) is 12.1 Å². The van der Waals surface area contributed by atoms with Gasteiger partial charge in [0.1, 0.15) is 0 Å². The third-order valence-electron chi connectivity index (χ3n) is 1.49. The van der Waals surface area contributed by atoms with Crippen LogP contribution in [-0.4, -0.2) is 0 Å². The van der Waals surface area contributed by atoms with Gasteiger partial charge in [-0.25, -0.2) is 0 Å². The van der Waals surface area contributed by atoms with Crippen LogP contribution in [0.5, 0.6) is 0 Å². The van der Waals surface area contributed by atoms with Gasteiger partial charge in [0, 0.05) is 0 Å². The van der Waals surface area contributed by atoms with Crippen molar-refractivity contribution in [2.45, 2.75) is 34.1 Å². The van der Waals surface area contributed by atoms with E-state index < -0.39 is 0 Å². The smallest absolute Gasteiger partial charge is 0.0684 e. The topological polar surface area (TPSA) is 47.6 Å². The van der Waals surface area contributed by atoms with Gasteiger partial charge in [-0.15, -0.1) is 0 Å². The Hall–Kier alpha value is -1.02. The van der Waals surface area contributed by atoms with E-state index in [-0.39, 0.29) is 10.8 Å². The van der Waals surface area contributed by atoms with Crippen molar-refractivity contribution in [1.29, 1.82) is 10.5 Å². The Labute approximate surface area is 68.4 Å². The van der Waals surface area contributed by atoms with Gasteiger partial charge in [-0.05, 0) is 34.1 Å². The molecule has 0 N–H and O–H groups in total. The molecule has 2 heteroatoms. The van der Waals surface area contributed by atoms with Crippen LogP contribution in [0.4, 0.5) is 0 Å². The fourth-order valence-corrected chi connectivity index (χ4v) is 1.18.